The zero-order valence-corrected chi connectivity index (χ0v) is 12.5. The molecule has 1 aromatic carbocycles. The molecule has 1 saturated carbocycles. The number of hydrogen-bond acceptors (Lipinski definition) is 3. The van der Waals surface area contributed by atoms with Crippen molar-refractivity contribution in [2.45, 2.75) is 32.4 Å². The number of hydrogen-bond donors (Lipinski definition) is 1. The van der Waals surface area contributed by atoms with Gasteiger partial charge in [0.2, 0.25) is 5.88 Å². The molecule has 3 nitrogen and oxygen atoms in total. The van der Waals surface area contributed by atoms with Gasteiger partial charge in [-0.25, -0.2) is 9.37 Å². The second kappa shape index (κ2) is 6.00. The van der Waals surface area contributed by atoms with Gasteiger partial charge >= 0.3 is 0 Å². The average Bonchev–Trinajstić information content (AvgIpc) is 3.26. The Balaban J connectivity index is 1.76. The first-order valence-electron chi connectivity index (χ1n) is 6.94. The van der Waals surface area contributed by atoms with E-state index in [-0.39, 0.29) is 5.82 Å². The zero-order valence-electron chi connectivity index (χ0n) is 11.7. The zero-order chi connectivity index (χ0) is 14.8. The van der Waals surface area contributed by atoms with E-state index in [0.29, 0.717) is 29.2 Å². The Morgan fingerprint density at radius 3 is 2.86 bits per heavy atom. The summed E-state index contributed by atoms with van der Waals surface area (Å²) in [4.78, 5) is 4.42. The number of aryl methyl sites for hydroxylation is 1. The number of pyridine rings is 1. The van der Waals surface area contributed by atoms with Gasteiger partial charge in [-0.1, -0.05) is 11.6 Å². The highest BCUT2D eigenvalue weighted by Crippen LogP contribution is 2.27. The van der Waals surface area contributed by atoms with Gasteiger partial charge in [0.15, 0.2) is 0 Å². The van der Waals surface area contributed by atoms with Gasteiger partial charge in [0.05, 0.1) is 10.7 Å². The van der Waals surface area contributed by atoms with Crippen molar-refractivity contribution in [3.05, 3.63) is 52.4 Å². The number of rotatable bonds is 5. The van der Waals surface area contributed by atoms with Crippen LogP contribution in [-0.2, 0) is 6.54 Å². The second-order valence-electron chi connectivity index (χ2n) is 5.25. The molecular weight excluding hydrogens is 291 g/mol. The van der Waals surface area contributed by atoms with Crippen molar-refractivity contribution >= 4 is 11.6 Å². The minimum absolute atomic E-state index is 0.279. The first-order valence-corrected chi connectivity index (χ1v) is 7.32. The van der Waals surface area contributed by atoms with Crippen LogP contribution in [0.1, 0.15) is 24.1 Å². The fraction of sp³-hybridized carbons (Fsp3) is 0.312. The molecule has 0 saturated heterocycles. The Bertz CT molecular complexity index is 659. The summed E-state index contributed by atoms with van der Waals surface area (Å²) in [6, 6.07) is 8.47. The van der Waals surface area contributed by atoms with Gasteiger partial charge in [-0.15, -0.1) is 0 Å². The number of aromatic nitrogens is 1. The lowest BCUT2D eigenvalue weighted by molar-refractivity contribution is 0.454. The lowest BCUT2D eigenvalue weighted by atomic mass is 10.2. The van der Waals surface area contributed by atoms with Crippen molar-refractivity contribution in [3.63, 3.8) is 0 Å². The highest BCUT2D eigenvalue weighted by atomic mass is 35.5. The van der Waals surface area contributed by atoms with Crippen LogP contribution in [0.3, 0.4) is 0 Å². The van der Waals surface area contributed by atoms with Gasteiger partial charge < -0.3 is 10.1 Å². The monoisotopic (exact) mass is 306 g/mol. The highest BCUT2D eigenvalue weighted by molar-refractivity contribution is 6.31. The maximum atomic E-state index is 13.1. The smallest absolute Gasteiger partial charge is 0.219 e. The van der Waals surface area contributed by atoms with E-state index in [1.165, 1.54) is 25.0 Å². The fourth-order valence-electron chi connectivity index (χ4n) is 2.01. The molecule has 1 aliphatic carbocycles. The topological polar surface area (TPSA) is 34.1 Å². The van der Waals surface area contributed by atoms with Crippen LogP contribution in [0.15, 0.2) is 30.3 Å². The van der Waals surface area contributed by atoms with Gasteiger partial charge in [0, 0.05) is 18.7 Å². The first-order chi connectivity index (χ1) is 10.1. The summed E-state index contributed by atoms with van der Waals surface area (Å²) in [6.07, 6.45) is 2.42. The molecule has 0 radical (unpaired) electrons. The summed E-state index contributed by atoms with van der Waals surface area (Å²) < 4.78 is 18.8. The SMILES string of the molecule is Cc1cc(F)ccc1Oc1ccc(Cl)c(CNC2CC2)n1. The third-order valence-corrected chi connectivity index (χ3v) is 3.72. The molecule has 110 valence electrons. The largest absolute Gasteiger partial charge is 0.439 e. The van der Waals surface area contributed by atoms with E-state index in [2.05, 4.69) is 10.3 Å². The summed E-state index contributed by atoms with van der Waals surface area (Å²) in [5, 5.41) is 3.99. The van der Waals surface area contributed by atoms with E-state index in [4.69, 9.17) is 16.3 Å². The number of benzene rings is 1. The van der Waals surface area contributed by atoms with Crippen molar-refractivity contribution in [3.8, 4) is 11.6 Å². The maximum Gasteiger partial charge on any atom is 0.219 e. The van der Waals surface area contributed by atoms with Crippen molar-refractivity contribution in [2.24, 2.45) is 0 Å². The summed E-state index contributed by atoms with van der Waals surface area (Å²) in [5.41, 5.74) is 1.49. The molecular formula is C16H16ClFN2O. The van der Waals surface area contributed by atoms with Crippen LogP contribution >= 0.6 is 11.6 Å². The fourth-order valence-corrected chi connectivity index (χ4v) is 2.19. The van der Waals surface area contributed by atoms with Crippen LogP contribution in [0.5, 0.6) is 11.6 Å². The third-order valence-electron chi connectivity index (χ3n) is 3.38. The molecule has 2 aromatic rings. The van der Waals surface area contributed by atoms with Crippen molar-refractivity contribution in [2.75, 3.05) is 0 Å². The Morgan fingerprint density at radius 2 is 2.14 bits per heavy atom. The molecule has 1 N–H and O–H groups in total. The average molecular weight is 307 g/mol. The van der Waals surface area contributed by atoms with Crippen LogP contribution in [0.4, 0.5) is 4.39 Å². The van der Waals surface area contributed by atoms with Gasteiger partial charge in [-0.05, 0) is 49.6 Å². The Hall–Kier alpha value is -1.65. The quantitative estimate of drug-likeness (QED) is 0.897. The third kappa shape index (κ3) is 3.71. The molecule has 0 amide bonds. The van der Waals surface area contributed by atoms with Crippen molar-refractivity contribution in [1.29, 1.82) is 0 Å². The van der Waals surface area contributed by atoms with Crippen LogP contribution in [0.25, 0.3) is 0 Å². The highest BCUT2D eigenvalue weighted by Gasteiger charge is 2.20. The summed E-state index contributed by atoms with van der Waals surface area (Å²) in [6.45, 7) is 2.42. The molecule has 1 aromatic heterocycles. The second-order valence-corrected chi connectivity index (χ2v) is 5.65. The number of halogens is 2. The molecule has 0 atom stereocenters. The van der Waals surface area contributed by atoms with E-state index in [1.807, 2.05) is 0 Å². The van der Waals surface area contributed by atoms with E-state index in [9.17, 15) is 4.39 Å². The van der Waals surface area contributed by atoms with E-state index >= 15 is 0 Å². The van der Waals surface area contributed by atoms with Gasteiger partial charge in [0.25, 0.3) is 0 Å². The molecule has 0 aliphatic heterocycles. The molecule has 1 heterocycles. The molecule has 21 heavy (non-hydrogen) atoms. The summed E-state index contributed by atoms with van der Waals surface area (Å²) >= 11 is 6.15. The lowest BCUT2D eigenvalue weighted by Crippen LogP contribution is -2.16. The molecule has 0 spiro atoms. The summed E-state index contributed by atoms with van der Waals surface area (Å²) in [5.74, 6) is 0.771. The minimum atomic E-state index is -0.279. The molecule has 1 fully saturated rings. The molecule has 5 heteroatoms. The number of nitrogens with one attached hydrogen (secondary N) is 1. The van der Waals surface area contributed by atoms with Gasteiger partial charge in [-0.3, -0.25) is 0 Å². The first kappa shape index (κ1) is 14.3. The molecule has 3 rings (SSSR count). The van der Waals surface area contributed by atoms with E-state index in [0.717, 1.165) is 11.3 Å². The Morgan fingerprint density at radius 1 is 1.33 bits per heavy atom. The van der Waals surface area contributed by atoms with Crippen molar-refractivity contribution < 1.29 is 9.13 Å². The predicted octanol–water partition coefficient (Wildman–Crippen LogP) is 4.23. The minimum Gasteiger partial charge on any atom is -0.439 e. The van der Waals surface area contributed by atoms with Crippen LogP contribution < -0.4 is 10.1 Å². The van der Waals surface area contributed by atoms with Gasteiger partial charge in [0.1, 0.15) is 11.6 Å². The van der Waals surface area contributed by atoms with E-state index in [1.54, 1.807) is 25.1 Å². The van der Waals surface area contributed by atoms with Crippen LogP contribution in [0, 0.1) is 12.7 Å². The molecule has 1 aliphatic rings. The lowest BCUT2D eigenvalue weighted by Gasteiger charge is -2.10. The van der Waals surface area contributed by atoms with Gasteiger partial charge in [-0.2, -0.15) is 0 Å². The van der Waals surface area contributed by atoms with Crippen LogP contribution in [-0.4, -0.2) is 11.0 Å². The standard InChI is InChI=1S/C16H16ClFN2O/c1-10-8-11(18)2-6-15(10)21-16-7-5-13(17)14(20-16)9-19-12-3-4-12/h2,5-8,12,19H,3-4,9H2,1H3. The number of nitrogens with zero attached hydrogens (tertiary/aromatic N) is 1. The maximum absolute atomic E-state index is 13.1. The Labute approximate surface area is 128 Å². The normalized spacial score (nSPS) is 14.2. The predicted molar refractivity (Wildman–Crippen MR) is 80.3 cm³/mol. The van der Waals surface area contributed by atoms with E-state index < -0.39 is 0 Å². The Kier molecular flexibility index (Phi) is 4.08. The van der Waals surface area contributed by atoms with Crippen LogP contribution in [0.2, 0.25) is 5.02 Å². The molecule has 0 unspecified atom stereocenters. The van der Waals surface area contributed by atoms with Crippen molar-refractivity contribution in [1.82, 2.24) is 10.3 Å². The number of ether oxygens (including phenoxy) is 1. The summed E-state index contributed by atoms with van der Waals surface area (Å²) in [7, 11) is 0. The molecule has 0 bridgehead atoms.